The van der Waals surface area contributed by atoms with Crippen LogP contribution in [0, 0.1) is 10.1 Å². The van der Waals surface area contributed by atoms with Crippen LogP contribution in [0.1, 0.15) is 0 Å². The zero-order valence-corrected chi connectivity index (χ0v) is 9.71. The maximum absolute atomic E-state index is 10.9. The molecule has 0 aromatic heterocycles. The molecule has 0 unspecified atom stereocenters. The molecule has 1 rings (SSSR count). The SMILES string of the molecule is CSc1cc(S(=O)(=O)O)c(N)cc1[N+](=O)[O-]. The first-order valence-corrected chi connectivity index (χ1v) is 6.53. The Hall–Kier alpha value is -1.32. The maximum atomic E-state index is 10.9. The molecule has 3 N–H and O–H groups in total. The monoisotopic (exact) mass is 264 g/mol. The molecule has 0 aliphatic heterocycles. The van der Waals surface area contributed by atoms with Gasteiger partial charge in [0.25, 0.3) is 15.8 Å². The van der Waals surface area contributed by atoms with Crippen LogP contribution in [0.5, 0.6) is 0 Å². The summed E-state index contributed by atoms with van der Waals surface area (Å²) >= 11 is 0.990. The third kappa shape index (κ3) is 2.43. The van der Waals surface area contributed by atoms with Gasteiger partial charge in [-0.1, -0.05) is 0 Å². The smallest absolute Gasteiger partial charge is 0.296 e. The van der Waals surface area contributed by atoms with Crippen LogP contribution in [-0.2, 0) is 10.1 Å². The van der Waals surface area contributed by atoms with Crippen molar-refractivity contribution in [3.8, 4) is 0 Å². The highest BCUT2D eigenvalue weighted by atomic mass is 32.2. The summed E-state index contributed by atoms with van der Waals surface area (Å²) in [5.74, 6) is 0. The van der Waals surface area contributed by atoms with Gasteiger partial charge in [0.1, 0.15) is 4.90 Å². The van der Waals surface area contributed by atoms with Crippen molar-refractivity contribution in [1.82, 2.24) is 0 Å². The molecule has 0 spiro atoms. The average molecular weight is 264 g/mol. The number of nitrogens with two attached hydrogens (primary N) is 1. The van der Waals surface area contributed by atoms with Crippen molar-refractivity contribution in [2.75, 3.05) is 12.0 Å². The summed E-state index contributed by atoms with van der Waals surface area (Å²) in [5.41, 5.74) is 4.67. The molecule has 9 heteroatoms. The molecular formula is C7H8N2O5S2. The first kappa shape index (κ1) is 12.7. The van der Waals surface area contributed by atoms with Crippen LogP contribution in [0.2, 0.25) is 0 Å². The predicted molar refractivity (Wildman–Crippen MR) is 59.1 cm³/mol. The molecule has 0 aliphatic rings. The van der Waals surface area contributed by atoms with Gasteiger partial charge in [0, 0.05) is 6.07 Å². The van der Waals surface area contributed by atoms with Crippen LogP contribution in [0.4, 0.5) is 11.4 Å². The Kier molecular flexibility index (Phi) is 3.41. The normalized spacial score (nSPS) is 11.4. The van der Waals surface area contributed by atoms with E-state index in [-0.39, 0.29) is 16.3 Å². The first-order valence-electron chi connectivity index (χ1n) is 3.86. The second kappa shape index (κ2) is 4.28. The van der Waals surface area contributed by atoms with Gasteiger partial charge in [0.15, 0.2) is 0 Å². The van der Waals surface area contributed by atoms with Crippen molar-refractivity contribution in [1.29, 1.82) is 0 Å². The first-order chi connectivity index (χ1) is 7.27. The van der Waals surface area contributed by atoms with Gasteiger partial charge in [-0.25, -0.2) is 0 Å². The highest BCUT2D eigenvalue weighted by Gasteiger charge is 2.22. The molecule has 0 bridgehead atoms. The molecule has 0 saturated heterocycles. The molecule has 7 nitrogen and oxygen atoms in total. The second-order valence-electron chi connectivity index (χ2n) is 2.79. The van der Waals surface area contributed by atoms with E-state index in [2.05, 4.69) is 0 Å². The highest BCUT2D eigenvalue weighted by Crippen LogP contribution is 2.33. The van der Waals surface area contributed by atoms with Gasteiger partial charge in [-0.15, -0.1) is 11.8 Å². The molecule has 0 fully saturated rings. The van der Waals surface area contributed by atoms with E-state index in [4.69, 9.17) is 10.3 Å². The lowest BCUT2D eigenvalue weighted by atomic mass is 10.3. The maximum Gasteiger partial charge on any atom is 0.296 e. The van der Waals surface area contributed by atoms with Crippen molar-refractivity contribution >= 4 is 33.3 Å². The number of nitrogens with zero attached hydrogens (tertiary/aromatic N) is 1. The largest absolute Gasteiger partial charge is 0.397 e. The van der Waals surface area contributed by atoms with Crippen LogP contribution in [-0.4, -0.2) is 24.1 Å². The quantitative estimate of drug-likeness (QED) is 0.276. The molecule has 1 aromatic carbocycles. The fourth-order valence-electron chi connectivity index (χ4n) is 1.10. The third-order valence-electron chi connectivity index (χ3n) is 1.79. The summed E-state index contributed by atoms with van der Waals surface area (Å²) < 4.78 is 30.6. The topological polar surface area (TPSA) is 124 Å². The van der Waals surface area contributed by atoms with Gasteiger partial charge in [-0.2, -0.15) is 8.42 Å². The van der Waals surface area contributed by atoms with E-state index in [0.29, 0.717) is 0 Å². The molecule has 16 heavy (non-hydrogen) atoms. The van der Waals surface area contributed by atoms with Gasteiger partial charge in [0.05, 0.1) is 15.5 Å². The van der Waals surface area contributed by atoms with E-state index in [1.54, 1.807) is 6.26 Å². The number of nitro benzene ring substituents is 1. The predicted octanol–water partition coefficient (Wildman–Crippen LogP) is 1.15. The lowest BCUT2D eigenvalue weighted by Gasteiger charge is -2.05. The molecule has 88 valence electrons. The van der Waals surface area contributed by atoms with Crippen molar-refractivity contribution in [3.63, 3.8) is 0 Å². The van der Waals surface area contributed by atoms with E-state index in [1.165, 1.54) is 0 Å². The zero-order valence-electron chi connectivity index (χ0n) is 8.08. The van der Waals surface area contributed by atoms with E-state index >= 15 is 0 Å². The number of nitro groups is 1. The summed E-state index contributed by atoms with van der Waals surface area (Å²) in [6, 6.07) is 1.89. The number of nitrogen functional groups attached to an aromatic ring is 1. The van der Waals surface area contributed by atoms with Crippen molar-refractivity contribution in [3.05, 3.63) is 22.2 Å². The minimum absolute atomic E-state index is 0.117. The molecule has 0 radical (unpaired) electrons. The molecule has 1 aromatic rings. The number of hydrogen-bond donors (Lipinski definition) is 2. The summed E-state index contributed by atoms with van der Waals surface area (Å²) in [4.78, 5) is 9.54. The van der Waals surface area contributed by atoms with Gasteiger partial charge in [0.2, 0.25) is 0 Å². The summed E-state index contributed by atoms with van der Waals surface area (Å²) in [6.45, 7) is 0. The van der Waals surface area contributed by atoms with Crippen LogP contribution in [0.3, 0.4) is 0 Å². The van der Waals surface area contributed by atoms with Gasteiger partial charge in [-0.05, 0) is 12.3 Å². The summed E-state index contributed by atoms with van der Waals surface area (Å²) in [6.07, 6.45) is 1.55. The Morgan fingerprint density at radius 2 is 2.06 bits per heavy atom. The van der Waals surface area contributed by atoms with E-state index in [9.17, 15) is 18.5 Å². The minimum Gasteiger partial charge on any atom is -0.397 e. The summed E-state index contributed by atoms with van der Waals surface area (Å²) in [5, 5.41) is 10.6. The Labute approximate surface area is 95.5 Å². The minimum atomic E-state index is -4.47. The van der Waals surface area contributed by atoms with E-state index in [0.717, 1.165) is 23.9 Å². The van der Waals surface area contributed by atoms with Crippen LogP contribution in [0.25, 0.3) is 0 Å². The molecule has 0 heterocycles. The Balaban J connectivity index is 3.56. The fraction of sp³-hybridized carbons (Fsp3) is 0.143. The summed E-state index contributed by atoms with van der Waals surface area (Å²) in [7, 11) is -4.47. The highest BCUT2D eigenvalue weighted by molar-refractivity contribution is 7.98. The Morgan fingerprint density at radius 1 is 1.50 bits per heavy atom. The lowest BCUT2D eigenvalue weighted by molar-refractivity contribution is -0.387. The number of benzene rings is 1. The number of rotatable bonds is 3. The third-order valence-corrected chi connectivity index (χ3v) is 3.46. The van der Waals surface area contributed by atoms with Crippen LogP contribution in [0.15, 0.2) is 21.9 Å². The van der Waals surface area contributed by atoms with Gasteiger partial charge >= 0.3 is 0 Å². The second-order valence-corrected chi connectivity index (χ2v) is 5.03. The van der Waals surface area contributed by atoms with Crippen LogP contribution < -0.4 is 5.73 Å². The van der Waals surface area contributed by atoms with E-state index < -0.39 is 19.9 Å². The van der Waals surface area contributed by atoms with Gasteiger partial charge < -0.3 is 5.73 Å². The number of hydrogen-bond acceptors (Lipinski definition) is 6. The molecule has 0 atom stereocenters. The molecule has 0 aliphatic carbocycles. The fourth-order valence-corrected chi connectivity index (χ4v) is 2.37. The zero-order chi connectivity index (χ0) is 12.5. The molecule has 0 amide bonds. The Bertz CT molecular complexity index is 540. The standard InChI is InChI=1S/C7H8N2O5S2/c1-15-6-3-7(16(12,13)14)4(8)2-5(6)9(10)11/h2-3H,8H2,1H3,(H,12,13,14). The molecule has 0 saturated carbocycles. The van der Waals surface area contributed by atoms with Crippen LogP contribution >= 0.6 is 11.8 Å². The molecular weight excluding hydrogens is 256 g/mol. The number of anilines is 1. The van der Waals surface area contributed by atoms with Crippen molar-refractivity contribution in [2.24, 2.45) is 0 Å². The van der Waals surface area contributed by atoms with Crippen molar-refractivity contribution in [2.45, 2.75) is 9.79 Å². The number of thioether (sulfide) groups is 1. The van der Waals surface area contributed by atoms with Crippen molar-refractivity contribution < 1.29 is 17.9 Å². The van der Waals surface area contributed by atoms with Gasteiger partial charge in [-0.3, -0.25) is 14.7 Å². The van der Waals surface area contributed by atoms with E-state index in [1.807, 2.05) is 0 Å². The lowest BCUT2D eigenvalue weighted by Crippen LogP contribution is -2.05. The Morgan fingerprint density at radius 3 is 2.44 bits per heavy atom. The average Bonchev–Trinajstić information content (AvgIpc) is 2.15.